The lowest BCUT2D eigenvalue weighted by Gasteiger charge is -2.31. The second kappa shape index (κ2) is 8.80. The number of amides is 1. The van der Waals surface area contributed by atoms with Crippen LogP contribution in [-0.2, 0) is 27.7 Å². The van der Waals surface area contributed by atoms with Gasteiger partial charge in [-0.1, -0.05) is 31.2 Å². The second-order valence-corrected chi connectivity index (χ2v) is 10.2. The van der Waals surface area contributed by atoms with Crippen LogP contribution < -0.4 is 9.62 Å². The minimum atomic E-state index is -3.64. The monoisotopic (exact) mass is 428 g/mol. The molecule has 2 atom stereocenters. The summed E-state index contributed by atoms with van der Waals surface area (Å²) in [6.07, 6.45) is 4.91. The van der Waals surface area contributed by atoms with Crippen LogP contribution >= 0.6 is 0 Å². The zero-order valence-electron chi connectivity index (χ0n) is 18.5. The molecule has 2 aromatic carbocycles. The van der Waals surface area contributed by atoms with Gasteiger partial charge in [-0.3, -0.25) is 9.10 Å². The molecule has 6 heteroatoms. The van der Waals surface area contributed by atoms with Crippen LogP contribution in [0.4, 0.5) is 5.69 Å². The number of nitrogens with one attached hydrogen (secondary N) is 1. The van der Waals surface area contributed by atoms with E-state index in [2.05, 4.69) is 23.5 Å². The van der Waals surface area contributed by atoms with Crippen molar-refractivity contribution >= 4 is 21.6 Å². The van der Waals surface area contributed by atoms with Crippen molar-refractivity contribution in [3.05, 3.63) is 64.2 Å². The van der Waals surface area contributed by atoms with E-state index in [-0.39, 0.29) is 11.9 Å². The van der Waals surface area contributed by atoms with Gasteiger partial charge in [0.15, 0.2) is 0 Å². The van der Waals surface area contributed by atoms with Crippen LogP contribution in [0, 0.1) is 13.8 Å². The number of benzene rings is 2. The highest BCUT2D eigenvalue weighted by molar-refractivity contribution is 7.92. The van der Waals surface area contributed by atoms with Crippen molar-refractivity contribution in [2.75, 3.05) is 10.6 Å². The summed E-state index contributed by atoms with van der Waals surface area (Å²) in [7, 11) is -3.64. The lowest BCUT2D eigenvalue weighted by molar-refractivity contribution is -0.122. The van der Waals surface area contributed by atoms with Crippen molar-refractivity contribution in [2.45, 2.75) is 65.5 Å². The Labute approximate surface area is 180 Å². The summed E-state index contributed by atoms with van der Waals surface area (Å²) in [5, 5.41) is 3.04. The van der Waals surface area contributed by atoms with E-state index in [4.69, 9.17) is 0 Å². The van der Waals surface area contributed by atoms with Gasteiger partial charge in [0.1, 0.15) is 6.04 Å². The predicted molar refractivity (Wildman–Crippen MR) is 122 cm³/mol. The fraction of sp³-hybridized carbons (Fsp3) is 0.458. The summed E-state index contributed by atoms with van der Waals surface area (Å²) in [6, 6.07) is 10.9. The number of nitrogens with zero attached hydrogens (tertiary/aromatic N) is 1. The standard InChI is InChI=1S/C24H32N2O3S/c1-6-23(26(30(5,28)29)22-13-10-16(2)17(3)14-22)24(27)25-18(4)20-12-11-19-8-7-9-21(19)15-20/h10-15,18,23H,6-9H2,1-5H3,(H,25,27)/t18-,23-/m0/s1. The molecule has 0 saturated carbocycles. The number of aryl methyl sites for hydroxylation is 4. The summed E-state index contributed by atoms with van der Waals surface area (Å²) in [5.74, 6) is -0.283. The Bertz CT molecular complexity index is 1050. The number of hydrogen-bond donors (Lipinski definition) is 1. The first kappa shape index (κ1) is 22.3. The molecule has 3 rings (SSSR count). The maximum Gasteiger partial charge on any atom is 0.244 e. The molecule has 0 unspecified atom stereocenters. The third-order valence-corrected chi connectivity index (χ3v) is 7.24. The zero-order chi connectivity index (χ0) is 22.1. The maximum atomic E-state index is 13.2. The van der Waals surface area contributed by atoms with E-state index < -0.39 is 16.1 Å². The minimum Gasteiger partial charge on any atom is -0.348 e. The SMILES string of the molecule is CC[C@@H](C(=O)N[C@@H](C)c1ccc2c(c1)CCC2)N(c1ccc(C)c(C)c1)S(C)(=O)=O. The van der Waals surface area contributed by atoms with Crippen molar-refractivity contribution in [3.8, 4) is 0 Å². The quantitative estimate of drug-likeness (QED) is 0.718. The number of rotatable bonds is 7. The molecule has 1 N–H and O–H groups in total. The topological polar surface area (TPSA) is 66.5 Å². The fourth-order valence-electron chi connectivity index (χ4n) is 4.18. The van der Waals surface area contributed by atoms with Gasteiger partial charge in [0.25, 0.3) is 0 Å². The minimum absolute atomic E-state index is 0.196. The average molecular weight is 429 g/mol. The van der Waals surface area contributed by atoms with E-state index in [1.807, 2.05) is 39.8 Å². The molecule has 0 spiro atoms. The van der Waals surface area contributed by atoms with Crippen molar-refractivity contribution in [1.82, 2.24) is 5.32 Å². The highest BCUT2D eigenvalue weighted by Crippen LogP contribution is 2.27. The first-order chi connectivity index (χ1) is 14.1. The lowest BCUT2D eigenvalue weighted by atomic mass is 10.0. The van der Waals surface area contributed by atoms with Gasteiger partial charge in [0.2, 0.25) is 15.9 Å². The third kappa shape index (κ3) is 4.69. The van der Waals surface area contributed by atoms with Crippen LogP contribution in [0.3, 0.4) is 0 Å². The smallest absolute Gasteiger partial charge is 0.244 e. The van der Waals surface area contributed by atoms with Crippen molar-refractivity contribution in [3.63, 3.8) is 0 Å². The molecular formula is C24H32N2O3S. The highest BCUT2D eigenvalue weighted by atomic mass is 32.2. The van der Waals surface area contributed by atoms with Gasteiger partial charge in [-0.2, -0.15) is 0 Å². The molecule has 30 heavy (non-hydrogen) atoms. The first-order valence-electron chi connectivity index (χ1n) is 10.6. The van der Waals surface area contributed by atoms with Crippen molar-refractivity contribution in [1.29, 1.82) is 0 Å². The zero-order valence-corrected chi connectivity index (χ0v) is 19.3. The summed E-state index contributed by atoms with van der Waals surface area (Å²) in [4.78, 5) is 13.2. The molecule has 0 radical (unpaired) electrons. The molecule has 0 aromatic heterocycles. The number of sulfonamides is 1. The van der Waals surface area contributed by atoms with E-state index in [1.165, 1.54) is 21.9 Å². The van der Waals surface area contributed by atoms with Crippen molar-refractivity contribution < 1.29 is 13.2 Å². The van der Waals surface area contributed by atoms with Gasteiger partial charge in [0.05, 0.1) is 18.0 Å². The molecule has 1 aliphatic rings. The predicted octanol–water partition coefficient (Wildman–Crippen LogP) is 4.21. The maximum absolute atomic E-state index is 13.2. The highest BCUT2D eigenvalue weighted by Gasteiger charge is 2.32. The van der Waals surface area contributed by atoms with Gasteiger partial charge < -0.3 is 5.32 Å². The number of anilines is 1. The molecule has 2 aromatic rings. The van der Waals surface area contributed by atoms with Gasteiger partial charge >= 0.3 is 0 Å². The lowest BCUT2D eigenvalue weighted by Crippen LogP contribution is -2.49. The van der Waals surface area contributed by atoms with Crippen LogP contribution in [0.1, 0.15) is 60.5 Å². The summed E-state index contributed by atoms with van der Waals surface area (Å²) in [6.45, 7) is 7.70. The number of fused-ring (bicyclic) bond motifs is 1. The van der Waals surface area contributed by atoms with E-state index in [9.17, 15) is 13.2 Å². The fourth-order valence-corrected chi connectivity index (χ4v) is 5.38. The van der Waals surface area contributed by atoms with Gasteiger partial charge in [-0.05, 0) is 86.4 Å². The largest absolute Gasteiger partial charge is 0.348 e. The van der Waals surface area contributed by atoms with Gasteiger partial charge in [-0.25, -0.2) is 8.42 Å². The Hall–Kier alpha value is -2.34. The van der Waals surface area contributed by atoms with Crippen LogP contribution in [0.25, 0.3) is 0 Å². The summed E-state index contributed by atoms with van der Waals surface area (Å²) >= 11 is 0. The molecule has 0 fully saturated rings. The molecule has 0 aliphatic heterocycles. The van der Waals surface area contributed by atoms with Crippen LogP contribution in [0.15, 0.2) is 36.4 Å². The molecule has 162 valence electrons. The molecule has 0 saturated heterocycles. The van der Waals surface area contributed by atoms with Crippen LogP contribution in [-0.4, -0.2) is 26.6 Å². The Morgan fingerprint density at radius 1 is 1.07 bits per heavy atom. The molecular weight excluding hydrogens is 396 g/mol. The molecule has 1 amide bonds. The Morgan fingerprint density at radius 2 is 1.77 bits per heavy atom. The average Bonchev–Trinajstić information content (AvgIpc) is 3.15. The summed E-state index contributed by atoms with van der Waals surface area (Å²) < 4.78 is 26.6. The van der Waals surface area contributed by atoms with E-state index in [0.717, 1.165) is 35.8 Å². The van der Waals surface area contributed by atoms with E-state index >= 15 is 0 Å². The van der Waals surface area contributed by atoms with Gasteiger partial charge in [0, 0.05) is 0 Å². The second-order valence-electron chi connectivity index (χ2n) is 8.36. The number of carbonyl (C=O) groups is 1. The normalized spacial score (nSPS) is 15.4. The number of carbonyl (C=O) groups excluding carboxylic acids is 1. The molecule has 5 nitrogen and oxygen atoms in total. The molecule has 0 heterocycles. The van der Waals surface area contributed by atoms with Gasteiger partial charge in [-0.15, -0.1) is 0 Å². The Balaban J connectivity index is 1.86. The van der Waals surface area contributed by atoms with Crippen molar-refractivity contribution in [2.24, 2.45) is 0 Å². The molecule has 1 aliphatic carbocycles. The molecule has 0 bridgehead atoms. The Morgan fingerprint density at radius 3 is 2.40 bits per heavy atom. The third-order valence-electron chi connectivity index (χ3n) is 6.06. The summed E-state index contributed by atoms with van der Waals surface area (Å²) in [5.41, 5.74) is 6.39. The van der Waals surface area contributed by atoms with Crippen LogP contribution in [0.2, 0.25) is 0 Å². The number of hydrogen-bond acceptors (Lipinski definition) is 3. The van der Waals surface area contributed by atoms with Crippen LogP contribution in [0.5, 0.6) is 0 Å². The first-order valence-corrected chi connectivity index (χ1v) is 12.5. The van der Waals surface area contributed by atoms with E-state index in [0.29, 0.717) is 12.1 Å². The Kier molecular flexibility index (Phi) is 6.56. The van der Waals surface area contributed by atoms with E-state index in [1.54, 1.807) is 6.07 Å².